The summed E-state index contributed by atoms with van der Waals surface area (Å²) in [5.74, 6) is 1.62. The minimum Gasteiger partial charge on any atom is -0.356 e. The maximum Gasteiger partial charge on any atom is 0.243 e. The van der Waals surface area contributed by atoms with Crippen molar-refractivity contribution in [1.29, 1.82) is 0 Å². The van der Waals surface area contributed by atoms with Crippen molar-refractivity contribution in [2.45, 2.75) is 25.7 Å². The van der Waals surface area contributed by atoms with Gasteiger partial charge in [-0.25, -0.2) is 8.42 Å². The van der Waals surface area contributed by atoms with Crippen LogP contribution in [-0.4, -0.2) is 62.2 Å². The zero-order valence-corrected chi connectivity index (χ0v) is 18.0. The SMILES string of the molecule is CCN(CC)c1ccc(N2CCN(S(=O)(=O)c3cc(Cl)ccc3C)CC2)nn1. The van der Waals surface area contributed by atoms with Crippen LogP contribution in [0.3, 0.4) is 0 Å². The molecule has 0 atom stereocenters. The molecule has 0 saturated carbocycles. The predicted molar refractivity (Wildman–Crippen MR) is 113 cm³/mol. The van der Waals surface area contributed by atoms with Gasteiger partial charge in [0.2, 0.25) is 10.0 Å². The maximum absolute atomic E-state index is 13.0. The molecule has 1 aromatic carbocycles. The van der Waals surface area contributed by atoms with Crippen molar-refractivity contribution in [2.24, 2.45) is 0 Å². The van der Waals surface area contributed by atoms with Gasteiger partial charge >= 0.3 is 0 Å². The molecule has 1 saturated heterocycles. The normalized spacial score (nSPS) is 15.6. The molecule has 7 nitrogen and oxygen atoms in total. The summed E-state index contributed by atoms with van der Waals surface area (Å²) in [5.41, 5.74) is 0.699. The molecule has 2 heterocycles. The molecule has 28 heavy (non-hydrogen) atoms. The Balaban J connectivity index is 1.69. The molecule has 1 fully saturated rings. The summed E-state index contributed by atoms with van der Waals surface area (Å²) in [6.45, 7) is 9.64. The number of aryl methyl sites for hydroxylation is 1. The molecular formula is C19H26ClN5O2S. The molecule has 9 heteroatoms. The smallest absolute Gasteiger partial charge is 0.243 e. The monoisotopic (exact) mass is 423 g/mol. The second kappa shape index (κ2) is 8.63. The van der Waals surface area contributed by atoms with Crippen molar-refractivity contribution in [3.63, 3.8) is 0 Å². The average Bonchev–Trinajstić information content (AvgIpc) is 2.71. The first-order valence-corrected chi connectivity index (χ1v) is 11.3. The summed E-state index contributed by atoms with van der Waals surface area (Å²) in [5, 5.41) is 9.08. The highest BCUT2D eigenvalue weighted by molar-refractivity contribution is 7.89. The fourth-order valence-corrected chi connectivity index (χ4v) is 5.26. The van der Waals surface area contributed by atoms with Crippen LogP contribution >= 0.6 is 11.6 Å². The largest absolute Gasteiger partial charge is 0.356 e. The predicted octanol–water partition coefficient (Wildman–Crippen LogP) is 2.80. The third kappa shape index (κ3) is 4.24. The molecule has 0 radical (unpaired) electrons. The quantitative estimate of drug-likeness (QED) is 0.711. The summed E-state index contributed by atoms with van der Waals surface area (Å²) < 4.78 is 27.5. The van der Waals surface area contributed by atoms with Crippen LogP contribution in [0.2, 0.25) is 5.02 Å². The second-order valence-corrected chi connectivity index (χ2v) is 9.07. The third-order valence-corrected chi connectivity index (χ3v) is 7.33. The highest BCUT2D eigenvalue weighted by Gasteiger charge is 2.30. The van der Waals surface area contributed by atoms with Crippen LogP contribution in [0.1, 0.15) is 19.4 Å². The molecule has 2 aromatic rings. The lowest BCUT2D eigenvalue weighted by Gasteiger charge is -2.34. The van der Waals surface area contributed by atoms with Crippen molar-refractivity contribution in [1.82, 2.24) is 14.5 Å². The van der Waals surface area contributed by atoms with Crippen molar-refractivity contribution in [2.75, 3.05) is 49.1 Å². The highest BCUT2D eigenvalue weighted by atomic mass is 35.5. The Morgan fingerprint density at radius 3 is 2.29 bits per heavy atom. The Morgan fingerprint density at radius 1 is 1.04 bits per heavy atom. The number of halogens is 1. The fourth-order valence-electron chi connectivity index (χ4n) is 3.35. The molecule has 0 spiro atoms. The molecule has 1 aliphatic rings. The van der Waals surface area contributed by atoms with Gasteiger partial charge in [-0.3, -0.25) is 0 Å². The van der Waals surface area contributed by atoms with Crippen molar-refractivity contribution in [3.8, 4) is 0 Å². The van der Waals surface area contributed by atoms with Gasteiger partial charge in [0.15, 0.2) is 11.6 Å². The van der Waals surface area contributed by atoms with E-state index in [1.807, 2.05) is 12.1 Å². The van der Waals surface area contributed by atoms with E-state index in [2.05, 4.69) is 33.8 Å². The lowest BCUT2D eigenvalue weighted by molar-refractivity contribution is 0.383. The number of hydrogen-bond acceptors (Lipinski definition) is 6. The number of benzene rings is 1. The molecule has 0 N–H and O–H groups in total. The number of hydrogen-bond donors (Lipinski definition) is 0. The Kier molecular flexibility index (Phi) is 6.42. The Morgan fingerprint density at radius 2 is 1.71 bits per heavy atom. The molecule has 1 aromatic heterocycles. The van der Waals surface area contributed by atoms with Gasteiger partial charge < -0.3 is 9.80 Å². The van der Waals surface area contributed by atoms with Crippen LogP contribution in [0, 0.1) is 6.92 Å². The summed E-state index contributed by atoms with van der Waals surface area (Å²) in [4.78, 5) is 4.47. The van der Waals surface area contributed by atoms with Gasteiger partial charge in [0.25, 0.3) is 0 Å². The van der Waals surface area contributed by atoms with Crippen LogP contribution in [-0.2, 0) is 10.0 Å². The number of anilines is 2. The molecule has 0 unspecified atom stereocenters. The highest BCUT2D eigenvalue weighted by Crippen LogP contribution is 2.25. The van der Waals surface area contributed by atoms with Crippen molar-refractivity contribution in [3.05, 3.63) is 40.9 Å². The minimum atomic E-state index is -3.57. The van der Waals surface area contributed by atoms with E-state index in [4.69, 9.17) is 11.6 Å². The first-order valence-electron chi connectivity index (χ1n) is 9.46. The Labute approximate surface area is 172 Å². The van der Waals surface area contributed by atoms with Crippen LogP contribution in [0.25, 0.3) is 0 Å². The molecular weight excluding hydrogens is 398 g/mol. The lowest BCUT2D eigenvalue weighted by Crippen LogP contribution is -2.49. The minimum absolute atomic E-state index is 0.275. The zero-order valence-electron chi connectivity index (χ0n) is 16.5. The zero-order chi connectivity index (χ0) is 20.3. The van der Waals surface area contributed by atoms with E-state index in [1.165, 1.54) is 10.4 Å². The van der Waals surface area contributed by atoms with E-state index < -0.39 is 10.0 Å². The average molecular weight is 424 g/mol. The number of sulfonamides is 1. The molecule has 0 aliphatic carbocycles. The van der Waals surface area contributed by atoms with E-state index in [0.29, 0.717) is 36.8 Å². The molecule has 1 aliphatic heterocycles. The van der Waals surface area contributed by atoms with Gasteiger partial charge in [-0.15, -0.1) is 10.2 Å². The first-order chi connectivity index (χ1) is 13.4. The van der Waals surface area contributed by atoms with E-state index in [9.17, 15) is 8.42 Å². The van der Waals surface area contributed by atoms with Gasteiger partial charge in [0, 0.05) is 44.3 Å². The van der Waals surface area contributed by atoms with Gasteiger partial charge in [0.05, 0.1) is 4.90 Å². The summed E-state index contributed by atoms with van der Waals surface area (Å²) in [7, 11) is -3.57. The van der Waals surface area contributed by atoms with Crippen LogP contribution in [0.5, 0.6) is 0 Å². The van der Waals surface area contributed by atoms with Gasteiger partial charge in [-0.2, -0.15) is 4.31 Å². The maximum atomic E-state index is 13.0. The number of piperazine rings is 1. The van der Waals surface area contributed by atoms with E-state index in [-0.39, 0.29) is 4.90 Å². The molecule has 3 rings (SSSR count). The molecule has 0 amide bonds. The van der Waals surface area contributed by atoms with E-state index in [0.717, 1.165) is 24.7 Å². The van der Waals surface area contributed by atoms with Gasteiger partial charge in [-0.1, -0.05) is 17.7 Å². The molecule has 152 valence electrons. The van der Waals surface area contributed by atoms with Crippen molar-refractivity contribution >= 4 is 33.3 Å². The van der Waals surface area contributed by atoms with E-state index in [1.54, 1.807) is 19.1 Å². The van der Waals surface area contributed by atoms with Gasteiger partial charge in [0.1, 0.15) is 0 Å². The van der Waals surface area contributed by atoms with Crippen molar-refractivity contribution < 1.29 is 8.42 Å². The van der Waals surface area contributed by atoms with Gasteiger partial charge in [-0.05, 0) is 50.6 Å². The van der Waals surface area contributed by atoms with E-state index >= 15 is 0 Å². The summed E-state index contributed by atoms with van der Waals surface area (Å²) in [6, 6.07) is 8.88. The van der Waals surface area contributed by atoms with Crippen LogP contribution in [0.15, 0.2) is 35.2 Å². The fraction of sp³-hybridized carbons (Fsp3) is 0.474. The second-order valence-electron chi connectivity index (χ2n) is 6.72. The standard InChI is InChI=1S/C19H26ClN5O2S/c1-4-23(5-2)18-8-9-19(22-21-18)24-10-12-25(13-11-24)28(26,27)17-14-16(20)7-6-15(17)3/h6-9,14H,4-5,10-13H2,1-3H3. The Hall–Kier alpha value is -1.90. The molecule has 0 bridgehead atoms. The van der Waals surface area contributed by atoms with Crippen LogP contribution < -0.4 is 9.80 Å². The topological polar surface area (TPSA) is 69.6 Å². The number of aromatic nitrogens is 2. The summed E-state index contributed by atoms with van der Waals surface area (Å²) >= 11 is 6.01. The third-order valence-electron chi connectivity index (χ3n) is 5.05. The van der Waals surface area contributed by atoms with Crippen LogP contribution in [0.4, 0.5) is 11.6 Å². The summed E-state index contributed by atoms with van der Waals surface area (Å²) in [6.07, 6.45) is 0. The Bertz CT molecular complexity index is 908. The lowest BCUT2D eigenvalue weighted by atomic mass is 10.2. The first kappa shape index (κ1) is 20.8. The number of nitrogens with zero attached hydrogens (tertiary/aromatic N) is 5. The number of rotatable bonds is 6.